The van der Waals surface area contributed by atoms with Gasteiger partial charge in [0.1, 0.15) is 0 Å². The number of hydrogen-bond donors (Lipinski definition) is 1. The monoisotopic (exact) mass is 225 g/mol. The van der Waals surface area contributed by atoms with E-state index in [0.717, 1.165) is 5.56 Å². The average molecular weight is 226 g/mol. The lowest BCUT2D eigenvalue weighted by Gasteiger charge is -2.00. The zero-order valence-corrected chi connectivity index (χ0v) is 9.12. The highest BCUT2D eigenvalue weighted by molar-refractivity contribution is 6.30. The van der Waals surface area contributed by atoms with Crippen LogP contribution in [0, 0.1) is 0 Å². The number of halogens is 1. The molecule has 0 heterocycles. The molecule has 0 aliphatic heterocycles. The SMILES string of the molecule is COC(=O)/C=C/NCc1ccc(Cl)cc1. The Bertz CT molecular complexity index is 346. The lowest BCUT2D eigenvalue weighted by Crippen LogP contribution is -2.06. The summed E-state index contributed by atoms with van der Waals surface area (Å²) < 4.78 is 4.44. The minimum atomic E-state index is -0.376. The zero-order valence-electron chi connectivity index (χ0n) is 8.37. The molecule has 0 aromatic heterocycles. The van der Waals surface area contributed by atoms with Crippen LogP contribution in [0.4, 0.5) is 0 Å². The molecule has 0 aliphatic carbocycles. The molecule has 0 amide bonds. The van der Waals surface area contributed by atoms with E-state index in [9.17, 15) is 4.79 Å². The molecule has 15 heavy (non-hydrogen) atoms. The first-order valence-corrected chi connectivity index (χ1v) is 4.82. The van der Waals surface area contributed by atoms with Gasteiger partial charge in [-0.1, -0.05) is 23.7 Å². The summed E-state index contributed by atoms with van der Waals surface area (Å²) in [5, 5.41) is 3.67. The summed E-state index contributed by atoms with van der Waals surface area (Å²) in [6, 6.07) is 7.48. The van der Waals surface area contributed by atoms with Crippen molar-refractivity contribution in [1.29, 1.82) is 0 Å². The Morgan fingerprint density at radius 3 is 2.73 bits per heavy atom. The highest BCUT2D eigenvalue weighted by Crippen LogP contribution is 2.08. The van der Waals surface area contributed by atoms with Crippen LogP contribution in [0.3, 0.4) is 0 Å². The maximum Gasteiger partial charge on any atom is 0.331 e. The fourth-order valence-corrected chi connectivity index (χ4v) is 1.10. The number of nitrogens with one attached hydrogen (secondary N) is 1. The van der Waals surface area contributed by atoms with Gasteiger partial charge in [0.05, 0.1) is 7.11 Å². The molecule has 1 aromatic rings. The van der Waals surface area contributed by atoms with Crippen LogP contribution in [0.1, 0.15) is 5.56 Å². The topological polar surface area (TPSA) is 38.3 Å². The van der Waals surface area contributed by atoms with Crippen LogP contribution >= 0.6 is 11.6 Å². The second kappa shape index (κ2) is 6.09. The molecule has 80 valence electrons. The van der Waals surface area contributed by atoms with E-state index < -0.39 is 0 Å². The van der Waals surface area contributed by atoms with Crippen LogP contribution in [0.5, 0.6) is 0 Å². The molecule has 0 spiro atoms. The van der Waals surface area contributed by atoms with Gasteiger partial charge in [-0.3, -0.25) is 0 Å². The smallest absolute Gasteiger partial charge is 0.331 e. The molecular formula is C11H12ClNO2. The summed E-state index contributed by atoms with van der Waals surface area (Å²) in [4.78, 5) is 10.7. The van der Waals surface area contributed by atoms with Crippen LogP contribution in [0.2, 0.25) is 5.02 Å². The van der Waals surface area contributed by atoms with E-state index in [0.29, 0.717) is 11.6 Å². The van der Waals surface area contributed by atoms with Crippen LogP contribution in [-0.2, 0) is 16.1 Å². The minimum Gasteiger partial charge on any atom is -0.466 e. The number of benzene rings is 1. The van der Waals surface area contributed by atoms with Gasteiger partial charge in [0.2, 0.25) is 0 Å². The second-order valence-electron chi connectivity index (χ2n) is 2.86. The number of hydrogen-bond acceptors (Lipinski definition) is 3. The zero-order chi connectivity index (χ0) is 11.1. The van der Waals surface area contributed by atoms with Crippen molar-refractivity contribution in [1.82, 2.24) is 5.32 Å². The average Bonchev–Trinajstić information content (AvgIpc) is 2.26. The first-order valence-electron chi connectivity index (χ1n) is 4.44. The summed E-state index contributed by atoms with van der Waals surface area (Å²) in [5.74, 6) is -0.376. The molecule has 0 radical (unpaired) electrons. The van der Waals surface area contributed by atoms with Crippen LogP contribution in [-0.4, -0.2) is 13.1 Å². The van der Waals surface area contributed by atoms with Gasteiger partial charge in [0.25, 0.3) is 0 Å². The Labute approximate surface area is 93.7 Å². The molecule has 0 saturated heterocycles. The maximum atomic E-state index is 10.7. The van der Waals surface area contributed by atoms with Crippen molar-refractivity contribution in [3.05, 3.63) is 47.1 Å². The Morgan fingerprint density at radius 2 is 2.13 bits per heavy atom. The summed E-state index contributed by atoms with van der Waals surface area (Å²) in [5.41, 5.74) is 1.09. The highest BCUT2D eigenvalue weighted by Gasteiger charge is 1.92. The third-order valence-corrected chi connectivity index (χ3v) is 2.01. The Balaban J connectivity index is 2.35. The first kappa shape index (κ1) is 11.6. The predicted octanol–water partition coefficient (Wildman–Crippen LogP) is 2.12. The van der Waals surface area contributed by atoms with Gasteiger partial charge in [0, 0.05) is 23.8 Å². The largest absolute Gasteiger partial charge is 0.466 e. The number of carbonyl (C=O) groups is 1. The second-order valence-corrected chi connectivity index (χ2v) is 3.30. The van der Waals surface area contributed by atoms with Crippen molar-refractivity contribution in [2.45, 2.75) is 6.54 Å². The van der Waals surface area contributed by atoms with Gasteiger partial charge >= 0.3 is 5.97 Å². The number of methoxy groups -OCH3 is 1. The van der Waals surface area contributed by atoms with E-state index in [1.165, 1.54) is 13.2 Å². The van der Waals surface area contributed by atoms with Crippen molar-refractivity contribution in [3.8, 4) is 0 Å². The van der Waals surface area contributed by atoms with Crippen molar-refractivity contribution in [3.63, 3.8) is 0 Å². The molecule has 4 heteroatoms. The van der Waals surface area contributed by atoms with E-state index in [2.05, 4.69) is 10.1 Å². The van der Waals surface area contributed by atoms with Crippen LogP contribution < -0.4 is 5.32 Å². The van der Waals surface area contributed by atoms with Gasteiger partial charge in [-0.25, -0.2) is 4.79 Å². The third-order valence-electron chi connectivity index (χ3n) is 1.76. The van der Waals surface area contributed by atoms with Gasteiger partial charge in [-0.05, 0) is 17.7 Å². The molecule has 1 rings (SSSR count). The van der Waals surface area contributed by atoms with E-state index in [1.54, 1.807) is 6.20 Å². The number of esters is 1. The first-order chi connectivity index (χ1) is 7.22. The van der Waals surface area contributed by atoms with Gasteiger partial charge in [0.15, 0.2) is 0 Å². The fraction of sp³-hybridized carbons (Fsp3) is 0.182. The third kappa shape index (κ3) is 4.51. The molecule has 0 aliphatic rings. The lowest BCUT2D eigenvalue weighted by atomic mass is 10.2. The lowest BCUT2D eigenvalue weighted by molar-refractivity contribution is -0.134. The molecule has 0 fully saturated rings. The van der Waals surface area contributed by atoms with Crippen molar-refractivity contribution in [2.24, 2.45) is 0 Å². The molecule has 3 nitrogen and oxygen atoms in total. The van der Waals surface area contributed by atoms with Gasteiger partial charge in [-0.2, -0.15) is 0 Å². The summed E-state index contributed by atoms with van der Waals surface area (Å²) in [7, 11) is 1.34. The fourth-order valence-electron chi connectivity index (χ4n) is 0.974. The van der Waals surface area contributed by atoms with E-state index >= 15 is 0 Å². The van der Waals surface area contributed by atoms with Gasteiger partial charge in [-0.15, -0.1) is 0 Å². The Kier molecular flexibility index (Phi) is 4.71. The van der Waals surface area contributed by atoms with E-state index in [-0.39, 0.29) is 5.97 Å². The summed E-state index contributed by atoms with van der Waals surface area (Å²) in [6.07, 6.45) is 2.89. The van der Waals surface area contributed by atoms with E-state index in [4.69, 9.17) is 11.6 Å². The molecule has 0 saturated carbocycles. The number of rotatable bonds is 4. The van der Waals surface area contributed by atoms with Crippen molar-refractivity contribution >= 4 is 17.6 Å². The molecule has 1 aromatic carbocycles. The minimum absolute atomic E-state index is 0.376. The quantitative estimate of drug-likeness (QED) is 0.630. The number of ether oxygens (including phenoxy) is 1. The molecule has 0 unspecified atom stereocenters. The molecule has 0 atom stereocenters. The number of carbonyl (C=O) groups excluding carboxylic acids is 1. The maximum absolute atomic E-state index is 10.7. The molecule has 0 bridgehead atoms. The van der Waals surface area contributed by atoms with Gasteiger partial charge < -0.3 is 10.1 Å². The Morgan fingerprint density at radius 1 is 1.47 bits per heavy atom. The van der Waals surface area contributed by atoms with Crippen LogP contribution in [0.15, 0.2) is 36.5 Å². The predicted molar refractivity (Wildman–Crippen MR) is 59.4 cm³/mol. The molecular weight excluding hydrogens is 214 g/mol. The van der Waals surface area contributed by atoms with Crippen molar-refractivity contribution < 1.29 is 9.53 Å². The Hall–Kier alpha value is -1.48. The normalized spacial score (nSPS) is 10.3. The molecule has 1 N–H and O–H groups in total. The van der Waals surface area contributed by atoms with E-state index in [1.807, 2.05) is 24.3 Å². The standard InChI is InChI=1S/C11H12ClNO2/c1-15-11(14)6-7-13-8-9-2-4-10(12)5-3-9/h2-7,13H,8H2,1H3/b7-6+. The van der Waals surface area contributed by atoms with Crippen LogP contribution in [0.25, 0.3) is 0 Å². The van der Waals surface area contributed by atoms with Crippen molar-refractivity contribution in [2.75, 3.05) is 7.11 Å². The summed E-state index contributed by atoms with van der Waals surface area (Å²) in [6.45, 7) is 0.644. The highest BCUT2D eigenvalue weighted by atomic mass is 35.5. The summed E-state index contributed by atoms with van der Waals surface area (Å²) >= 11 is 5.74.